The van der Waals surface area contributed by atoms with Gasteiger partial charge in [0.2, 0.25) is 11.8 Å². The Morgan fingerprint density at radius 3 is 2.63 bits per heavy atom. The average molecular weight is 417 g/mol. The van der Waals surface area contributed by atoms with Crippen LogP contribution in [0.15, 0.2) is 30.3 Å². The number of ether oxygens (including phenoxy) is 1. The number of hydrogen-bond donors (Lipinski definition) is 2. The Kier molecular flexibility index (Phi) is 7.48. The van der Waals surface area contributed by atoms with Crippen LogP contribution in [0, 0.1) is 5.92 Å². The fourth-order valence-electron chi connectivity index (χ4n) is 4.27. The van der Waals surface area contributed by atoms with E-state index in [-0.39, 0.29) is 18.2 Å². The Bertz CT molecular complexity index is 753. The summed E-state index contributed by atoms with van der Waals surface area (Å²) in [4.78, 5) is 40.7. The van der Waals surface area contributed by atoms with Crippen LogP contribution in [0.3, 0.4) is 0 Å². The molecule has 0 aromatic heterocycles. The molecule has 2 aliphatic rings. The summed E-state index contributed by atoms with van der Waals surface area (Å²) in [7, 11) is 0. The number of aliphatic hydroxyl groups is 1. The summed E-state index contributed by atoms with van der Waals surface area (Å²) in [6, 6.07) is 8.02. The van der Waals surface area contributed by atoms with Gasteiger partial charge in [-0.3, -0.25) is 9.59 Å². The molecule has 7 heteroatoms. The van der Waals surface area contributed by atoms with E-state index in [2.05, 4.69) is 5.32 Å². The first-order valence-electron chi connectivity index (χ1n) is 10.9. The molecule has 2 heterocycles. The van der Waals surface area contributed by atoms with Crippen LogP contribution in [0.5, 0.6) is 0 Å². The van der Waals surface area contributed by atoms with Crippen LogP contribution >= 0.6 is 0 Å². The van der Waals surface area contributed by atoms with E-state index in [1.54, 1.807) is 11.8 Å². The fourth-order valence-corrected chi connectivity index (χ4v) is 4.27. The molecule has 7 nitrogen and oxygen atoms in total. The molecular formula is C23H32N2O5. The summed E-state index contributed by atoms with van der Waals surface area (Å²) in [5.74, 6) is -1.77. The number of carbonyl (C=O) groups is 3. The van der Waals surface area contributed by atoms with Crippen LogP contribution in [0.4, 0.5) is 0 Å². The van der Waals surface area contributed by atoms with Gasteiger partial charge in [0, 0.05) is 19.4 Å². The predicted octanol–water partition coefficient (Wildman–Crippen LogP) is 1.82. The van der Waals surface area contributed by atoms with E-state index >= 15 is 0 Å². The quantitative estimate of drug-likeness (QED) is 0.730. The second-order valence-electron chi connectivity index (χ2n) is 8.38. The summed E-state index contributed by atoms with van der Waals surface area (Å²) in [5.41, 5.74) is 0.915. The van der Waals surface area contributed by atoms with Crippen LogP contribution < -0.4 is 5.32 Å². The maximum Gasteiger partial charge on any atom is 0.329 e. The van der Waals surface area contributed by atoms with Crippen LogP contribution in [0.2, 0.25) is 0 Å². The Morgan fingerprint density at radius 1 is 1.20 bits per heavy atom. The van der Waals surface area contributed by atoms with Crippen molar-refractivity contribution in [3.63, 3.8) is 0 Å². The van der Waals surface area contributed by atoms with Crippen molar-refractivity contribution < 1.29 is 24.2 Å². The molecule has 2 amide bonds. The molecule has 0 radical (unpaired) electrons. The van der Waals surface area contributed by atoms with Crippen molar-refractivity contribution in [1.29, 1.82) is 0 Å². The number of nitrogens with zero attached hydrogens (tertiary/aromatic N) is 1. The number of amides is 2. The minimum atomic E-state index is -0.957. The molecule has 0 saturated carbocycles. The van der Waals surface area contributed by atoms with E-state index in [1.165, 1.54) is 0 Å². The summed E-state index contributed by atoms with van der Waals surface area (Å²) >= 11 is 0. The first kappa shape index (κ1) is 22.3. The summed E-state index contributed by atoms with van der Waals surface area (Å²) in [6.45, 7) is 4.09. The lowest BCUT2D eigenvalue weighted by molar-refractivity contribution is -0.161. The van der Waals surface area contributed by atoms with Gasteiger partial charge in [0.15, 0.2) is 0 Å². The number of hydrogen-bond acceptors (Lipinski definition) is 5. The molecule has 1 aromatic carbocycles. The van der Waals surface area contributed by atoms with Crippen molar-refractivity contribution in [2.45, 2.75) is 76.7 Å². The first-order valence-corrected chi connectivity index (χ1v) is 10.9. The van der Waals surface area contributed by atoms with Gasteiger partial charge in [-0.2, -0.15) is 0 Å². The number of esters is 1. The van der Waals surface area contributed by atoms with Crippen LogP contribution in [0.25, 0.3) is 0 Å². The van der Waals surface area contributed by atoms with Crippen molar-refractivity contribution in [3.8, 4) is 0 Å². The van der Waals surface area contributed by atoms with Crippen molar-refractivity contribution >= 4 is 17.8 Å². The van der Waals surface area contributed by atoms with Crippen LogP contribution in [-0.2, 0) is 25.5 Å². The zero-order valence-corrected chi connectivity index (χ0v) is 17.8. The summed E-state index contributed by atoms with van der Waals surface area (Å²) < 4.78 is 5.71. The predicted molar refractivity (Wildman–Crippen MR) is 111 cm³/mol. The highest BCUT2D eigenvalue weighted by molar-refractivity contribution is 5.92. The number of rotatable bonds is 4. The lowest BCUT2D eigenvalue weighted by Gasteiger charge is -2.32. The minimum absolute atomic E-state index is 0.207. The second-order valence-corrected chi connectivity index (χ2v) is 8.38. The summed E-state index contributed by atoms with van der Waals surface area (Å²) in [5, 5.41) is 13.4. The number of cyclic esters (lactones) is 1. The van der Waals surface area contributed by atoms with Gasteiger partial charge in [-0.25, -0.2) is 4.79 Å². The number of aliphatic hydroxyl groups excluding tert-OH is 1. The monoisotopic (exact) mass is 416 g/mol. The third kappa shape index (κ3) is 5.19. The number of carbonyl (C=O) groups excluding carboxylic acids is 3. The van der Waals surface area contributed by atoms with Gasteiger partial charge < -0.3 is 20.1 Å². The lowest BCUT2D eigenvalue weighted by Crippen LogP contribution is -2.55. The highest BCUT2D eigenvalue weighted by atomic mass is 16.5. The molecule has 0 aliphatic carbocycles. The lowest BCUT2D eigenvalue weighted by atomic mass is 9.95. The molecule has 1 aromatic rings. The maximum atomic E-state index is 13.4. The molecule has 2 saturated heterocycles. The largest absolute Gasteiger partial charge is 0.461 e. The molecule has 0 bridgehead atoms. The highest BCUT2D eigenvalue weighted by Crippen LogP contribution is 2.24. The third-order valence-electron chi connectivity index (χ3n) is 6.09. The second kappa shape index (κ2) is 10.1. The Labute approximate surface area is 177 Å². The molecule has 2 aliphatic heterocycles. The molecule has 30 heavy (non-hydrogen) atoms. The van der Waals surface area contributed by atoms with Gasteiger partial charge in [-0.15, -0.1) is 0 Å². The van der Waals surface area contributed by atoms with Crippen LogP contribution in [0.1, 0.15) is 51.5 Å². The first-order chi connectivity index (χ1) is 14.4. The van der Waals surface area contributed by atoms with Gasteiger partial charge in [-0.1, -0.05) is 50.6 Å². The minimum Gasteiger partial charge on any atom is -0.461 e. The van der Waals surface area contributed by atoms with Crippen molar-refractivity contribution in [2.75, 3.05) is 6.54 Å². The summed E-state index contributed by atoms with van der Waals surface area (Å²) in [6.07, 6.45) is 1.77. The number of fused-ring (bicyclic) bond motifs is 1. The molecule has 5 atom stereocenters. The van der Waals surface area contributed by atoms with Crippen molar-refractivity contribution in [2.24, 2.45) is 5.92 Å². The van der Waals surface area contributed by atoms with Crippen molar-refractivity contribution in [3.05, 3.63) is 35.9 Å². The van der Waals surface area contributed by atoms with Gasteiger partial charge in [0.25, 0.3) is 0 Å². The van der Waals surface area contributed by atoms with E-state index in [0.717, 1.165) is 18.4 Å². The van der Waals surface area contributed by atoms with Crippen molar-refractivity contribution in [1.82, 2.24) is 10.2 Å². The highest BCUT2D eigenvalue weighted by Gasteiger charge is 2.41. The smallest absolute Gasteiger partial charge is 0.329 e. The normalized spacial score (nSPS) is 30.7. The SMILES string of the molecule is CCC[C@@H]1C[C@@H](O)[C@H](C)C(=O)NC(Cc2ccccc2)C(=O)N2CCC[C@H]2C(=O)O1. The Hall–Kier alpha value is -2.41. The number of benzene rings is 1. The third-order valence-corrected chi connectivity index (χ3v) is 6.09. The molecular weight excluding hydrogens is 384 g/mol. The zero-order valence-electron chi connectivity index (χ0n) is 17.8. The van der Waals surface area contributed by atoms with E-state index in [9.17, 15) is 19.5 Å². The Morgan fingerprint density at radius 2 is 1.93 bits per heavy atom. The number of nitrogens with one attached hydrogen (secondary N) is 1. The topological polar surface area (TPSA) is 95.9 Å². The van der Waals surface area contributed by atoms with Gasteiger partial charge in [0.1, 0.15) is 18.2 Å². The molecule has 3 rings (SSSR count). The maximum absolute atomic E-state index is 13.4. The molecule has 1 unspecified atom stereocenters. The molecule has 0 spiro atoms. The Balaban J connectivity index is 1.89. The van der Waals surface area contributed by atoms with E-state index in [0.29, 0.717) is 25.8 Å². The molecule has 2 fully saturated rings. The van der Waals surface area contributed by atoms with E-state index in [4.69, 9.17) is 4.74 Å². The van der Waals surface area contributed by atoms with Gasteiger partial charge in [0.05, 0.1) is 12.0 Å². The van der Waals surface area contributed by atoms with E-state index in [1.807, 2.05) is 37.3 Å². The van der Waals surface area contributed by atoms with Gasteiger partial charge in [-0.05, 0) is 24.8 Å². The fraction of sp³-hybridized carbons (Fsp3) is 0.609. The van der Waals surface area contributed by atoms with Gasteiger partial charge >= 0.3 is 5.97 Å². The average Bonchev–Trinajstić information content (AvgIpc) is 3.22. The zero-order chi connectivity index (χ0) is 21.7. The standard InChI is InChI=1S/C23H32N2O5/c1-3-8-17-14-20(26)15(2)21(27)24-18(13-16-9-5-4-6-10-16)22(28)25-12-7-11-19(25)23(29)30-17/h4-6,9-10,15,17-20,26H,3,7-8,11-14H2,1-2H3,(H,24,27)/t15-,17+,18?,19-,20+/m0/s1. The van der Waals surface area contributed by atoms with Crippen LogP contribution in [-0.4, -0.2) is 58.6 Å². The molecule has 164 valence electrons. The molecule has 2 N–H and O–H groups in total. The van der Waals surface area contributed by atoms with E-state index < -0.39 is 36.2 Å².